The summed E-state index contributed by atoms with van der Waals surface area (Å²) in [5, 5.41) is 3.70. The monoisotopic (exact) mass is 421 g/mol. The Hall–Kier alpha value is -2.24. The Morgan fingerprint density at radius 3 is 2.68 bits per heavy atom. The van der Waals surface area contributed by atoms with Gasteiger partial charge in [-0.3, -0.25) is 9.59 Å². The highest BCUT2D eigenvalue weighted by atomic mass is 35.5. The highest BCUT2D eigenvalue weighted by Gasteiger charge is 2.13. The number of halogens is 2. The Morgan fingerprint density at radius 1 is 1.04 bits per heavy atom. The Kier molecular flexibility index (Phi) is 7.18. The van der Waals surface area contributed by atoms with Crippen LogP contribution in [0.3, 0.4) is 0 Å². The first-order chi connectivity index (χ1) is 13.5. The quantitative estimate of drug-likeness (QED) is 0.489. The lowest BCUT2D eigenvalue weighted by atomic mass is 10.1. The van der Waals surface area contributed by atoms with Gasteiger partial charge in [-0.1, -0.05) is 29.3 Å². The Balaban J connectivity index is 1.33. The number of nitrogens with one attached hydrogen (secondary N) is 1. The van der Waals surface area contributed by atoms with E-state index in [1.165, 1.54) is 11.1 Å². The fourth-order valence-electron chi connectivity index (χ4n) is 3.06. The van der Waals surface area contributed by atoms with Gasteiger partial charge < -0.3 is 14.8 Å². The van der Waals surface area contributed by atoms with Crippen molar-refractivity contribution >= 4 is 40.8 Å². The van der Waals surface area contributed by atoms with Crippen LogP contribution in [0.4, 0.5) is 5.69 Å². The van der Waals surface area contributed by atoms with Crippen molar-refractivity contribution in [3.05, 3.63) is 57.6 Å². The molecule has 148 valence electrons. The number of aryl methyl sites for hydroxylation is 2. The van der Waals surface area contributed by atoms with E-state index in [-0.39, 0.29) is 18.9 Å². The summed E-state index contributed by atoms with van der Waals surface area (Å²) in [4.78, 5) is 23.7. The van der Waals surface area contributed by atoms with Gasteiger partial charge in [0.05, 0.1) is 11.6 Å². The molecule has 1 N–H and O–H groups in total. The molecule has 5 nitrogen and oxygen atoms in total. The van der Waals surface area contributed by atoms with E-state index in [4.69, 9.17) is 32.7 Å². The van der Waals surface area contributed by atoms with Crippen LogP contribution in [0, 0.1) is 0 Å². The predicted octanol–water partition coefficient (Wildman–Crippen LogP) is 4.82. The lowest BCUT2D eigenvalue weighted by molar-refractivity contribution is -0.147. The molecule has 0 radical (unpaired) electrons. The fourth-order valence-corrected chi connectivity index (χ4v) is 3.52. The summed E-state index contributed by atoms with van der Waals surface area (Å²) in [5.41, 5.74) is 3.34. The largest absolute Gasteiger partial charge is 0.492 e. The molecule has 0 saturated heterocycles. The number of carbonyl (C=O) groups is 2. The number of hydrogen-bond donors (Lipinski definition) is 1. The fraction of sp³-hybridized carbons (Fsp3) is 0.333. The second-order valence-corrected chi connectivity index (χ2v) is 7.42. The summed E-state index contributed by atoms with van der Waals surface area (Å²) in [6.07, 6.45) is 3.88. The van der Waals surface area contributed by atoms with Gasteiger partial charge in [-0.05, 0) is 67.1 Å². The number of amides is 1. The van der Waals surface area contributed by atoms with Crippen LogP contribution in [-0.4, -0.2) is 25.1 Å². The molecule has 1 aliphatic rings. The van der Waals surface area contributed by atoms with Crippen LogP contribution in [0.2, 0.25) is 10.0 Å². The summed E-state index contributed by atoms with van der Waals surface area (Å²) in [6, 6.07) is 10.8. The molecule has 0 aromatic heterocycles. The maximum Gasteiger partial charge on any atom is 0.306 e. The van der Waals surface area contributed by atoms with Gasteiger partial charge in [0.25, 0.3) is 5.91 Å². The second kappa shape index (κ2) is 9.80. The zero-order chi connectivity index (χ0) is 19.9. The van der Waals surface area contributed by atoms with Gasteiger partial charge >= 0.3 is 5.97 Å². The third kappa shape index (κ3) is 5.88. The molecule has 28 heavy (non-hydrogen) atoms. The van der Waals surface area contributed by atoms with Crippen LogP contribution in [0.1, 0.15) is 30.4 Å². The van der Waals surface area contributed by atoms with Crippen molar-refractivity contribution in [1.29, 1.82) is 0 Å². The van der Waals surface area contributed by atoms with Gasteiger partial charge in [0, 0.05) is 17.1 Å². The normalized spacial score (nSPS) is 12.4. The minimum absolute atomic E-state index is 0.150. The minimum Gasteiger partial charge on any atom is -0.492 e. The molecular formula is C21H21Cl2NO4. The third-order valence-electron chi connectivity index (χ3n) is 4.42. The Morgan fingerprint density at radius 2 is 1.86 bits per heavy atom. The number of carbonyl (C=O) groups excluding carboxylic acids is 2. The number of hydrogen-bond acceptors (Lipinski definition) is 4. The third-order valence-corrected chi connectivity index (χ3v) is 4.95. The smallest absolute Gasteiger partial charge is 0.306 e. The number of ether oxygens (including phenoxy) is 2. The first-order valence-electron chi connectivity index (χ1n) is 9.16. The van der Waals surface area contributed by atoms with Gasteiger partial charge in [-0.15, -0.1) is 0 Å². The lowest BCUT2D eigenvalue weighted by Gasteiger charge is -2.09. The standard InChI is InChI=1S/C21H21Cl2NO4/c22-16-7-9-19(18(23)12-16)27-10-2-5-21(26)28-13-20(25)24-17-8-6-14-3-1-4-15(14)11-17/h6-9,11-12H,1-5,10,13H2,(H,24,25). The van der Waals surface area contributed by atoms with Gasteiger partial charge in [-0.25, -0.2) is 0 Å². The molecule has 0 heterocycles. The zero-order valence-corrected chi connectivity index (χ0v) is 16.8. The first-order valence-corrected chi connectivity index (χ1v) is 9.92. The van der Waals surface area contributed by atoms with Gasteiger partial charge in [-0.2, -0.15) is 0 Å². The zero-order valence-electron chi connectivity index (χ0n) is 15.3. The summed E-state index contributed by atoms with van der Waals surface area (Å²) in [6.45, 7) is -0.00242. The predicted molar refractivity (Wildman–Crippen MR) is 109 cm³/mol. The summed E-state index contributed by atoms with van der Waals surface area (Å²) >= 11 is 11.8. The average Bonchev–Trinajstić information content (AvgIpc) is 3.13. The van der Waals surface area contributed by atoms with E-state index in [0.29, 0.717) is 28.8 Å². The van der Waals surface area contributed by atoms with Gasteiger partial charge in [0.1, 0.15) is 5.75 Å². The molecule has 0 fully saturated rings. The highest BCUT2D eigenvalue weighted by Crippen LogP contribution is 2.27. The molecule has 0 saturated carbocycles. The van der Waals surface area contributed by atoms with Crippen LogP contribution in [0.25, 0.3) is 0 Å². The molecule has 1 amide bonds. The number of fused-ring (bicyclic) bond motifs is 1. The number of anilines is 1. The van der Waals surface area contributed by atoms with Crippen molar-refractivity contribution in [2.45, 2.75) is 32.1 Å². The van der Waals surface area contributed by atoms with Gasteiger partial charge in [0.2, 0.25) is 0 Å². The van der Waals surface area contributed by atoms with Crippen LogP contribution in [0.5, 0.6) is 5.75 Å². The van der Waals surface area contributed by atoms with E-state index < -0.39 is 5.97 Å². The maximum absolute atomic E-state index is 12.0. The van der Waals surface area contributed by atoms with E-state index >= 15 is 0 Å². The number of benzene rings is 2. The minimum atomic E-state index is -0.449. The molecule has 0 unspecified atom stereocenters. The van der Waals surface area contributed by atoms with Crippen molar-refractivity contribution in [3.8, 4) is 5.75 Å². The molecule has 0 bridgehead atoms. The van der Waals surface area contributed by atoms with Crippen molar-refractivity contribution < 1.29 is 19.1 Å². The molecule has 2 aromatic carbocycles. The van der Waals surface area contributed by atoms with E-state index in [9.17, 15) is 9.59 Å². The van der Waals surface area contributed by atoms with E-state index in [1.54, 1.807) is 18.2 Å². The van der Waals surface area contributed by atoms with Crippen LogP contribution >= 0.6 is 23.2 Å². The molecular weight excluding hydrogens is 401 g/mol. The van der Waals surface area contributed by atoms with Crippen LogP contribution in [-0.2, 0) is 27.2 Å². The van der Waals surface area contributed by atoms with Crippen molar-refractivity contribution in [3.63, 3.8) is 0 Å². The molecule has 0 atom stereocenters. The lowest BCUT2D eigenvalue weighted by Crippen LogP contribution is -2.21. The van der Waals surface area contributed by atoms with Crippen molar-refractivity contribution in [2.75, 3.05) is 18.5 Å². The molecule has 3 rings (SSSR count). The molecule has 2 aromatic rings. The number of rotatable bonds is 8. The van der Waals surface area contributed by atoms with Crippen LogP contribution < -0.4 is 10.1 Å². The Labute approximate surface area is 173 Å². The number of esters is 1. The van der Waals surface area contributed by atoms with Crippen LogP contribution in [0.15, 0.2) is 36.4 Å². The van der Waals surface area contributed by atoms with E-state index in [2.05, 4.69) is 5.32 Å². The molecule has 7 heteroatoms. The Bertz CT molecular complexity index is 869. The summed E-state index contributed by atoms with van der Waals surface area (Å²) in [5.74, 6) is -0.293. The summed E-state index contributed by atoms with van der Waals surface area (Å²) < 4.78 is 10.5. The maximum atomic E-state index is 12.0. The first kappa shape index (κ1) is 20.5. The highest BCUT2D eigenvalue weighted by molar-refractivity contribution is 6.35. The van der Waals surface area contributed by atoms with E-state index in [0.717, 1.165) is 24.9 Å². The topological polar surface area (TPSA) is 64.6 Å². The molecule has 0 aliphatic heterocycles. The molecule has 1 aliphatic carbocycles. The van der Waals surface area contributed by atoms with E-state index in [1.807, 2.05) is 18.2 Å². The molecule has 0 spiro atoms. The second-order valence-electron chi connectivity index (χ2n) is 6.57. The van der Waals surface area contributed by atoms with Crippen molar-refractivity contribution in [1.82, 2.24) is 0 Å². The van der Waals surface area contributed by atoms with Gasteiger partial charge in [0.15, 0.2) is 6.61 Å². The average molecular weight is 422 g/mol. The SMILES string of the molecule is O=C(COC(=O)CCCOc1ccc(Cl)cc1Cl)Nc1ccc2c(c1)CCC2. The summed E-state index contributed by atoms with van der Waals surface area (Å²) in [7, 11) is 0. The van der Waals surface area contributed by atoms with Crippen molar-refractivity contribution in [2.24, 2.45) is 0 Å².